The quantitative estimate of drug-likeness (QED) is 0.440. The molecule has 31 heavy (non-hydrogen) atoms. The SMILES string of the molecule is CC(C)n1ncc2c(C(=O)OCC(=O)NCc3cccs3)cc(-c3ccccc3)nc21. The first kappa shape index (κ1) is 20.7. The van der Waals surface area contributed by atoms with E-state index in [0.717, 1.165) is 10.4 Å². The van der Waals surface area contributed by atoms with Gasteiger partial charge in [-0.15, -0.1) is 11.3 Å². The number of rotatable bonds is 7. The molecule has 7 nitrogen and oxygen atoms in total. The Morgan fingerprint density at radius 3 is 2.68 bits per heavy atom. The molecule has 1 N–H and O–H groups in total. The summed E-state index contributed by atoms with van der Waals surface area (Å²) in [6.45, 7) is 4.05. The summed E-state index contributed by atoms with van der Waals surface area (Å²) in [5, 5.41) is 9.68. The number of hydrogen-bond donors (Lipinski definition) is 1. The Morgan fingerprint density at radius 1 is 1.16 bits per heavy atom. The maximum atomic E-state index is 12.9. The highest BCUT2D eigenvalue weighted by Crippen LogP contribution is 2.26. The minimum absolute atomic E-state index is 0.0722. The molecule has 0 aliphatic carbocycles. The molecule has 8 heteroatoms. The van der Waals surface area contributed by atoms with Gasteiger partial charge in [0.15, 0.2) is 12.3 Å². The Balaban J connectivity index is 1.58. The predicted molar refractivity (Wildman–Crippen MR) is 120 cm³/mol. The number of ether oxygens (including phenoxy) is 1. The van der Waals surface area contributed by atoms with E-state index in [1.54, 1.807) is 28.3 Å². The van der Waals surface area contributed by atoms with Gasteiger partial charge in [-0.3, -0.25) is 4.79 Å². The highest BCUT2D eigenvalue weighted by Gasteiger charge is 2.20. The monoisotopic (exact) mass is 434 g/mol. The van der Waals surface area contributed by atoms with Gasteiger partial charge in [-0.1, -0.05) is 36.4 Å². The molecule has 158 valence electrons. The van der Waals surface area contributed by atoms with E-state index >= 15 is 0 Å². The average molecular weight is 435 g/mol. The number of pyridine rings is 1. The van der Waals surface area contributed by atoms with Crippen molar-refractivity contribution in [1.82, 2.24) is 20.1 Å². The lowest BCUT2D eigenvalue weighted by atomic mass is 10.1. The maximum absolute atomic E-state index is 12.9. The van der Waals surface area contributed by atoms with Gasteiger partial charge in [-0.25, -0.2) is 14.5 Å². The molecule has 0 unspecified atom stereocenters. The molecular weight excluding hydrogens is 412 g/mol. The van der Waals surface area contributed by atoms with Gasteiger partial charge < -0.3 is 10.1 Å². The van der Waals surface area contributed by atoms with E-state index in [1.807, 2.05) is 61.7 Å². The summed E-state index contributed by atoms with van der Waals surface area (Å²) in [6.07, 6.45) is 1.62. The third-order valence-electron chi connectivity index (χ3n) is 4.72. The summed E-state index contributed by atoms with van der Waals surface area (Å²) in [4.78, 5) is 30.8. The zero-order valence-electron chi connectivity index (χ0n) is 17.2. The number of esters is 1. The van der Waals surface area contributed by atoms with Crippen LogP contribution < -0.4 is 5.32 Å². The van der Waals surface area contributed by atoms with Crippen LogP contribution in [0.15, 0.2) is 60.1 Å². The standard InChI is InChI=1S/C23H22N4O3S/c1-15(2)27-22-19(13-25-27)18(11-20(26-22)16-7-4-3-5-8-16)23(29)30-14-21(28)24-12-17-9-6-10-31-17/h3-11,13,15H,12,14H2,1-2H3,(H,24,28). The van der Waals surface area contributed by atoms with Crippen LogP contribution in [0.3, 0.4) is 0 Å². The topological polar surface area (TPSA) is 86.1 Å². The van der Waals surface area contributed by atoms with Crippen LogP contribution in [0.2, 0.25) is 0 Å². The smallest absolute Gasteiger partial charge is 0.339 e. The molecule has 0 aliphatic heterocycles. The molecule has 0 bridgehead atoms. The van der Waals surface area contributed by atoms with Crippen LogP contribution >= 0.6 is 11.3 Å². The van der Waals surface area contributed by atoms with Crippen LogP contribution in [0.5, 0.6) is 0 Å². The molecule has 0 atom stereocenters. The fourth-order valence-electron chi connectivity index (χ4n) is 3.18. The van der Waals surface area contributed by atoms with Crippen molar-refractivity contribution in [3.05, 3.63) is 70.5 Å². The van der Waals surface area contributed by atoms with Crippen molar-refractivity contribution < 1.29 is 14.3 Å². The highest BCUT2D eigenvalue weighted by molar-refractivity contribution is 7.09. The fourth-order valence-corrected chi connectivity index (χ4v) is 3.82. The minimum atomic E-state index is -0.584. The first-order chi connectivity index (χ1) is 15.0. The van der Waals surface area contributed by atoms with Gasteiger partial charge in [0.25, 0.3) is 5.91 Å². The number of hydrogen-bond acceptors (Lipinski definition) is 6. The molecule has 4 aromatic rings. The van der Waals surface area contributed by atoms with E-state index in [1.165, 1.54) is 0 Å². The van der Waals surface area contributed by atoms with Gasteiger partial charge in [-0.05, 0) is 31.4 Å². The van der Waals surface area contributed by atoms with E-state index < -0.39 is 5.97 Å². The Kier molecular flexibility index (Phi) is 6.08. The number of carbonyl (C=O) groups excluding carboxylic acids is 2. The third kappa shape index (κ3) is 4.64. The van der Waals surface area contributed by atoms with E-state index in [0.29, 0.717) is 28.8 Å². The van der Waals surface area contributed by atoms with Crippen molar-refractivity contribution in [1.29, 1.82) is 0 Å². The molecular formula is C23H22N4O3S. The molecule has 0 spiro atoms. The zero-order valence-corrected chi connectivity index (χ0v) is 18.1. The second-order valence-corrected chi connectivity index (χ2v) is 8.31. The van der Waals surface area contributed by atoms with E-state index in [2.05, 4.69) is 10.4 Å². The number of nitrogens with one attached hydrogen (secondary N) is 1. The molecule has 3 heterocycles. The normalized spacial score (nSPS) is 11.1. The van der Waals surface area contributed by atoms with Crippen molar-refractivity contribution in [3.8, 4) is 11.3 Å². The van der Waals surface area contributed by atoms with Gasteiger partial charge >= 0.3 is 5.97 Å². The number of carbonyl (C=O) groups is 2. The third-order valence-corrected chi connectivity index (χ3v) is 5.60. The molecule has 1 aromatic carbocycles. The second-order valence-electron chi connectivity index (χ2n) is 7.27. The van der Waals surface area contributed by atoms with Crippen molar-refractivity contribution >= 4 is 34.2 Å². The Bertz CT molecular complexity index is 1200. The van der Waals surface area contributed by atoms with Crippen molar-refractivity contribution in [2.24, 2.45) is 0 Å². The summed E-state index contributed by atoms with van der Waals surface area (Å²) in [6, 6.07) is 15.2. The lowest BCUT2D eigenvalue weighted by Crippen LogP contribution is -2.28. The summed E-state index contributed by atoms with van der Waals surface area (Å²) in [5.74, 6) is -0.938. The first-order valence-corrected chi connectivity index (χ1v) is 10.8. The number of aromatic nitrogens is 3. The largest absolute Gasteiger partial charge is 0.452 e. The van der Waals surface area contributed by atoms with Gasteiger partial charge in [0.1, 0.15) is 0 Å². The molecule has 4 rings (SSSR count). The van der Waals surface area contributed by atoms with Crippen molar-refractivity contribution in [2.45, 2.75) is 26.4 Å². The van der Waals surface area contributed by atoms with Gasteiger partial charge in [0, 0.05) is 16.5 Å². The molecule has 0 saturated carbocycles. The number of benzene rings is 1. The summed E-state index contributed by atoms with van der Waals surface area (Å²) in [5.41, 5.74) is 2.46. The lowest BCUT2D eigenvalue weighted by molar-refractivity contribution is -0.124. The predicted octanol–water partition coefficient (Wildman–Crippen LogP) is 4.21. The summed E-state index contributed by atoms with van der Waals surface area (Å²) in [7, 11) is 0. The maximum Gasteiger partial charge on any atom is 0.339 e. The van der Waals surface area contributed by atoms with Crippen LogP contribution in [-0.4, -0.2) is 33.2 Å². The molecule has 0 radical (unpaired) electrons. The number of thiophene rings is 1. The van der Waals surface area contributed by atoms with Crippen LogP contribution in [0.4, 0.5) is 0 Å². The van der Waals surface area contributed by atoms with Gasteiger partial charge in [0.2, 0.25) is 0 Å². The Labute approximate surface area is 183 Å². The molecule has 3 aromatic heterocycles. The average Bonchev–Trinajstić information content (AvgIpc) is 3.45. The zero-order chi connectivity index (χ0) is 21.8. The number of nitrogens with zero attached hydrogens (tertiary/aromatic N) is 3. The van der Waals surface area contributed by atoms with E-state index in [9.17, 15) is 9.59 Å². The van der Waals surface area contributed by atoms with E-state index in [-0.39, 0.29) is 18.6 Å². The van der Waals surface area contributed by atoms with E-state index in [4.69, 9.17) is 9.72 Å². The lowest BCUT2D eigenvalue weighted by Gasteiger charge is -2.11. The number of fused-ring (bicyclic) bond motifs is 1. The Morgan fingerprint density at radius 2 is 1.97 bits per heavy atom. The molecule has 0 fully saturated rings. The summed E-state index contributed by atoms with van der Waals surface area (Å²) < 4.78 is 7.09. The van der Waals surface area contributed by atoms with Crippen molar-refractivity contribution in [3.63, 3.8) is 0 Å². The van der Waals surface area contributed by atoms with Crippen LogP contribution in [0.1, 0.15) is 35.1 Å². The van der Waals surface area contributed by atoms with Gasteiger partial charge in [0.05, 0.1) is 29.4 Å². The van der Waals surface area contributed by atoms with Crippen LogP contribution in [0, 0.1) is 0 Å². The highest BCUT2D eigenvalue weighted by atomic mass is 32.1. The first-order valence-electron chi connectivity index (χ1n) is 9.93. The van der Waals surface area contributed by atoms with Crippen LogP contribution in [0.25, 0.3) is 22.3 Å². The van der Waals surface area contributed by atoms with Crippen LogP contribution in [-0.2, 0) is 16.1 Å². The van der Waals surface area contributed by atoms with Gasteiger partial charge in [-0.2, -0.15) is 5.10 Å². The fraction of sp³-hybridized carbons (Fsp3) is 0.217. The Hall–Kier alpha value is -3.52. The van der Waals surface area contributed by atoms with Crippen molar-refractivity contribution in [2.75, 3.05) is 6.61 Å². The second kappa shape index (κ2) is 9.09. The molecule has 0 aliphatic rings. The summed E-state index contributed by atoms with van der Waals surface area (Å²) >= 11 is 1.55. The molecule has 0 saturated heterocycles. The minimum Gasteiger partial charge on any atom is -0.452 e. The number of amides is 1. The molecule has 1 amide bonds.